The molecular formula is C24H34N4O5S. The molecule has 0 radical (unpaired) electrons. The van der Waals surface area contributed by atoms with Gasteiger partial charge in [0, 0.05) is 33.3 Å². The van der Waals surface area contributed by atoms with Crippen molar-refractivity contribution in [2.24, 2.45) is 0 Å². The van der Waals surface area contributed by atoms with Crippen LogP contribution in [0.5, 0.6) is 5.75 Å². The highest BCUT2D eigenvalue weighted by molar-refractivity contribution is 7.89. The molecule has 0 atom stereocenters. The molecule has 4 rings (SSSR count). The summed E-state index contributed by atoms with van der Waals surface area (Å²) in [5.41, 5.74) is 0.974. The van der Waals surface area contributed by atoms with E-state index in [2.05, 4.69) is 5.10 Å². The zero-order valence-corrected chi connectivity index (χ0v) is 20.9. The molecule has 0 bridgehead atoms. The van der Waals surface area contributed by atoms with Gasteiger partial charge in [0.1, 0.15) is 5.69 Å². The molecule has 0 unspecified atom stereocenters. The van der Waals surface area contributed by atoms with Gasteiger partial charge in [0.15, 0.2) is 0 Å². The van der Waals surface area contributed by atoms with E-state index in [0.717, 1.165) is 25.7 Å². The maximum absolute atomic E-state index is 13.6. The summed E-state index contributed by atoms with van der Waals surface area (Å²) >= 11 is 0. The quantitative estimate of drug-likeness (QED) is 0.588. The number of aromatic nitrogens is 2. The number of benzene rings is 1. The first-order chi connectivity index (χ1) is 16.3. The van der Waals surface area contributed by atoms with Crippen LogP contribution in [-0.4, -0.2) is 73.3 Å². The van der Waals surface area contributed by atoms with E-state index in [9.17, 15) is 13.2 Å². The molecule has 9 nitrogen and oxygen atoms in total. The fourth-order valence-electron chi connectivity index (χ4n) is 4.55. The van der Waals surface area contributed by atoms with Gasteiger partial charge in [-0.3, -0.25) is 4.79 Å². The minimum atomic E-state index is -3.32. The monoisotopic (exact) mass is 490 g/mol. The first-order valence-electron chi connectivity index (χ1n) is 11.9. The largest absolute Gasteiger partial charge is 0.483 e. The van der Waals surface area contributed by atoms with Gasteiger partial charge in [-0.25, -0.2) is 8.42 Å². The predicted octanol–water partition coefficient (Wildman–Crippen LogP) is 2.43. The van der Waals surface area contributed by atoms with E-state index in [-0.39, 0.29) is 23.5 Å². The van der Waals surface area contributed by atoms with Gasteiger partial charge < -0.3 is 14.4 Å². The standard InChI is InChI=1S/C24H34N4O5S/c1-18(2)34(30,31)27-15-13-26(14-16-27)22-17-25-28(19-7-5-4-6-8-19)24(29)23(22)33-21-11-9-20(32-3)10-12-21/h4-8,17-18,20-21H,9-16H2,1-3H3. The molecule has 2 aromatic rings. The Balaban J connectivity index is 1.62. The van der Waals surface area contributed by atoms with Crippen molar-refractivity contribution < 1.29 is 17.9 Å². The van der Waals surface area contributed by atoms with Crippen LogP contribution in [0.4, 0.5) is 5.69 Å². The van der Waals surface area contributed by atoms with Crippen molar-refractivity contribution in [2.75, 3.05) is 38.2 Å². The SMILES string of the molecule is COC1CCC(Oc2c(N3CCN(S(=O)(=O)C(C)C)CC3)cnn(-c3ccccc3)c2=O)CC1. The van der Waals surface area contributed by atoms with Crippen molar-refractivity contribution >= 4 is 15.7 Å². The van der Waals surface area contributed by atoms with Gasteiger partial charge in [0.25, 0.3) is 0 Å². The lowest BCUT2D eigenvalue weighted by molar-refractivity contribution is 0.0323. The molecule has 0 amide bonds. The number of para-hydroxylation sites is 1. The Morgan fingerprint density at radius 3 is 2.18 bits per heavy atom. The topological polar surface area (TPSA) is 94.0 Å². The van der Waals surface area contributed by atoms with Crippen molar-refractivity contribution in [1.29, 1.82) is 0 Å². The van der Waals surface area contributed by atoms with Crippen LogP contribution in [0.15, 0.2) is 41.3 Å². The molecule has 2 aliphatic rings. The van der Waals surface area contributed by atoms with E-state index in [1.165, 1.54) is 8.99 Å². The number of rotatable bonds is 7. The summed E-state index contributed by atoms with van der Waals surface area (Å²) in [5.74, 6) is 0.278. The normalized spacial score (nSPS) is 22.2. The molecule has 34 heavy (non-hydrogen) atoms. The highest BCUT2D eigenvalue weighted by Crippen LogP contribution is 2.30. The van der Waals surface area contributed by atoms with Crippen LogP contribution < -0.4 is 15.2 Å². The number of sulfonamides is 1. The molecule has 1 aromatic carbocycles. The first kappa shape index (κ1) is 24.7. The zero-order valence-electron chi connectivity index (χ0n) is 20.1. The number of hydrogen-bond donors (Lipinski definition) is 0. The highest BCUT2D eigenvalue weighted by atomic mass is 32.2. The maximum Gasteiger partial charge on any atom is 0.316 e. The summed E-state index contributed by atoms with van der Waals surface area (Å²) in [7, 11) is -1.59. The summed E-state index contributed by atoms with van der Waals surface area (Å²) < 4.78 is 39.9. The minimum absolute atomic E-state index is 0.0768. The summed E-state index contributed by atoms with van der Waals surface area (Å²) in [6.45, 7) is 5.05. The van der Waals surface area contributed by atoms with Gasteiger partial charge in [-0.05, 0) is 51.7 Å². The molecule has 0 spiro atoms. The maximum atomic E-state index is 13.6. The molecule has 1 saturated heterocycles. The molecule has 186 valence electrons. The molecule has 1 aliphatic carbocycles. The van der Waals surface area contributed by atoms with Crippen LogP contribution in [0, 0.1) is 0 Å². The molecular weight excluding hydrogens is 456 g/mol. The van der Waals surface area contributed by atoms with Crippen LogP contribution in [-0.2, 0) is 14.8 Å². The Morgan fingerprint density at radius 1 is 0.971 bits per heavy atom. The van der Waals surface area contributed by atoms with E-state index in [4.69, 9.17) is 9.47 Å². The van der Waals surface area contributed by atoms with Gasteiger partial charge in [-0.1, -0.05) is 18.2 Å². The Morgan fingerprint density at radius 2 is 1.59 bits per heavy atom. The average Bonchev–Trinajstić information content (AvgIpc) is 2.86. The zero-order chi connectivity index (χ0) is 24.3. The summed E-state index contributed by atoms with van der Waals surface area (Å²) in [6.07, 6.45) is 5.22. The van der Waals surface area contributed by atoms with Crippen molar-refractivity contribution in [2.45, 2.75) is 57.0 Å². The Labute approximate surface area is 201 Å². The fourth-order valence-corrected chi connectivity index (χ4v) is 5.82. The van der Waals surface area contributed by atoms with Crippen LogP contribution in [0.1, 0.15) is 39.5 Å². The molecule has 10 heteroatoms. The average molecular weight is 491 g/mol. The van der Waals surface area contributed by atoms with Crippen LogP contribution >= 0.6 is 0 Å². The predicted molar refractivity (Wildman–Crippen MR) is 131 cm³/mol. The second kappa shape index (κ2) is 10.5. The minimum Gasteiger partial charge on any atom is -0.483 e. The summed E-state index contributed by atoms with van der Waals surface area (Å²) in [4.78, 5) is 15.6. The van der Waals surface area contributed by atoms with E-state index in [1.54, 1.807) is 27.2 Å². The number of hydrogen-bond acceptors (Lipinski definition) is 7. The highest BCUT2D eigenvalue weighted by Gasteiger charge is 2.32. The molecule has 1 aliphatic heterocycles. The third kappa shape index (κ3) is 5.13. The smallest absolute Gasteiger partial charge is 0.316 e. The van der Waals surface area contributed by atoms with Crippen molar-refractivity contribution in [3.05, 3.63) is 46.9 Å². The number of nitrogens with zero attached hydrogens (tertiary/aromatic N) is 4. The lowest BCUT2D eigenvalue weighted by Crippen LogP contribution is -2.50. The number of anilines is 1. The lowest BCUT2D eigenvalue weighted by Gasteiger charge is -2.37. The molecule has 1 aromatic heterocycles. The van der Waals surface area contributed by atoms with E-state index in [1.807, 2.05) is 35.2 Å². The molecule has 2 fully saturated rings. The number of piperazine rings is 1. The number of ether oxygens (including phenoxy) is 2. The number of methoxy groups -OCH3 is 1. The van der Waals surface area contributed by atoms with Gasteiger partial charge in [0.05, 0.1) is 29.3 Å². The summed E-state index contributed by atoms with van der Waals surface area (Å²) in [6, 6.07) is 9.27. The van der Waals surface area contributed by atoms with Crippen molar-refractivity contribution in [3.63, 3.8) is 0 Å². The third-order valence-electron chi connectivity index (χ3n) is 6.69. The fraction of sp³-hybridized carbons (Fsp3) is 0.583. The van der Waals surface area contributed by atoms with Gasteiger partial charge in [-0.15, -0.1) is 0 Å². The Bertz CT molecular complexity index is 1120. The van der Waals surface area contributed by atoms with Crippen molar-refractivity contribution in [3.8, 4) is 11.4 Å². The van der Waals surface area contributed by atoms with Gasteiger partial charge in [-0.2, -0.15) is 14.1 Å². The second-order valence-corrected chi connectivity index (χ2v) is 11.6. The summed E-state index contributed by atoms with van der Waals surface area (Å²) in [5, 5.41) is 3.97. The molecule has 1 saturated carbocycles. The third-order valence-corrected chi connectivity index (χ3v) is 8.97. The second-order valence-electron chi connectivity index (χ2n) is 9.14. The van der Waals surface area contributed by atoms with Gasteiger partial charge in [0.2, 0.25) is 15.8 Å². The van der Waals surface area contributed by atoms with Crippen molar-refractivity contribution in [1.82, 2.24) is 14.1 Å². The molecule has 2 heterocycles. The van der Waals surface area contributed by atoms with E-state index < -0.39 is 15.3 Å². The van der Waals surface area contributed by atoms with Crippen LogP contribution in [0.25, 0.3) is 5.69 Å². The van der Waals surface area contributed by atoms with Crippen LogP contribution in [0.3, 0.4) is 0 Å². The molecule has 0 N–H and O–H groups in total. The first-order valence-corrected chi connectivity index (χ1v) is 13.4. The lowest BCUT2D eigenvalue weighted by atomic mass is 9.95. The van der Waals surface area contributed by atoms with Gasteiger partial charge >= 0.3 is 5.56 Å². The Kier molecular flexibility index (Phi) is 7.59. The van der Waals surface area contributed by atoms with E-state index in [0.29, 0.717) is 37.6 Å². The van der Waals surface area contributed by atoms with Crippen LogP contribution in [0.2, 0.25) is 0 Å². The Hall–Kier alpha value is -2.43. The van der Waals surface area contributed by atoms with E-state index >= 15 is 0 Å².